The van der Waals surface area contributed by atoms with Crippen molar-refractivity contribution >= 4 is 28.3 Å². The summed E-state index contributed by atoms with van der Waals surface area (Å²) in [6.07, 6.45) is 5.03. The van der Waals surface area contributed by atoms with E-state index in [4.69, 9.17) is 4.98 Å². The number of nitro benzene ring substituents is 1. The van der Waals surface area contributed by atoms with Crippen LogP contribution in [0.15, 0.2) is 42.5 Å². The lowest BCUT2D eigenvalue weighted by Crippen LogP contribution is -2.26. The second-order valence-electron chi connectivity index (χ2n) is 8.61. The van der Waals surface area contributed by atoms with Gasteiger partial charge in [0.15, 0.2) is 0 Å². The van der Waals surface area contributed by atoms with Crippen LogP contribution in [0.5, 0.6) is 0 Å². The Morgan fingerprint density at radius 3 is 2.53 bits per heavy atom. The van der Waals surface area contributed by atoms with Crippen molar-refractivity contribution in [3.8, 4) is 0 Å². The average molecular weight is 436 g/mol. The van der Waals surface area contributed by atoms with E-state index < -0.39 is 10.8 Å². The summed E-state index contributed by atoms with van der Waals surface area (Å²) in [5, 5.41) is 14.0. The number of nitrogens with one attached hydrogen (secondary N) is 1. The van der Waals surface area contributed by atoms with Crippen LogP contribution >= 0.6 is 0 Å². The fourth-order valence-corrected chi connectivity index (χ4v) is 4.43. The van der Waals surface area contributed by atoms with Gasteiger partial charge in [0.2, 0.25) is 0 Å². The molecule has 0 atom stereocenters. The molecule has 4 rings (SSSR count). The molecule has 1 aliphatic rings. The summed E-state index contributed by atoms with van der Waals surface area (Å²) in [4.78, 5) is 30.8. The highest BCUT2D eigenvalue weighted by Crippen LogP contribution is 2.26. The number of rotatable bonds is 6. The Morgan fingerprint density at radius 2 is 1.84 bits per heavy atom. The van der Waals surface area contributed by atoms with E-state index in [2.05, 4.69) is 28.6 Å². The average Bonchev–Trinajstić information content (AvgIpc) is 2.92. The molecular formula is C24H29N5O3. The van der Waals surface area contributed by atoms with Crippen LogP contribution in [-0.2, 0) is 6.54 Å². The van der Waals surface area contributed by atoms with E-state index in [0.29, 0.717) is 5.69 Å². The van der Waals surface area contributed by atoms with Crippen molar-refractivity contribution in [3.05, 3.63) is 64.0 Å². The van der Waals surface area contributed by atoms with Crippen molar-refractivity contribution in [3.63, 3.8) is 0 Å². The van der Waals surface area contributed by atoms with Crippen LogP contribution in [0.3, 0.4) is 0 Å². The van der Waals surface area contributed by atoms with Gasteiger partial charge in [0.25, 0.3) is 11.6 Å². The first-order valence-corrected chi connectivity index (χ1v) is 11.2. The summed E-state index contributed by atoms with van der Waals surface area (Å²) >= 11 is 0. The van der Waals surface area contributed by atoms with Gasteiger partial charge in [-0.3, -0.25) is 19.8 Å². The van der Waals surface area contributed by atoms with E-state index in [1.165, 1.54) is 37.8 Å². The van der Waals surface area contributed by atoms with Crippen LogP contribution < -0.4 is 5.32 Å². The van der Waals surface area contributed by atoms with Crippen molar-refractivity contribution in [2.45, 2.75) is 52.1 Å². The molecular weight excluding hydrogens is 406 g/mol. The van der Waals surface area contributed by atoms with E-state index in [-0.39, 0.29) is 17.3 Å². The summed E-state index contributed by atoms with van der Waals surface area (Å²) in [5.41, 5.74) is 2.22. The maximum atomic E-state index is 12.7. The van der Waals surface area contributed by atoms with Gasteiger partial charge < -0.3 is 9.88 Å². The van der Waals surface area contributed by atoms with Gasteiger partial charge in [0.05, 0.1) is 22.5 Å². The lowest BCUT2D eigenvalue weighted by molar-refractivity contribution is -0.385. The topological polar surface area (TPSA) is 93.3 Å². The number of carbonyl (C=O) groups excluding carboxylic acids is 1. The number of imidazole rings is 1. The SMILES string of the molecule is CC(C)n1c(CN2CCCCCC2)nc2cc(NC(=O)c3ccccc3[N+](=O)[O-])ccc21. The van der Waals surface area contributed by atoms with Crippen molar-refractivity contribution in [2.75, 3.05) is 18.4 Å². The summed E-state index contributed by atoms with van der Waals surface area (Å²) in [5.74, 6) is 0.517. The molecule has 0 unspecified atom stereocenters. The van der Waals surface area contributed by atoms with Crippen LogP contribution in [0, 0.1) is 10.1 Å². The lowest BCUT2D eigenvalue weighted by atomic mass is 10.1. The Labute approximate surface area is 187 Å². The molecule has 1 N–H and O–H groups in total. The molecule has 0 aliphatic carbocycles. The predicted octanol–water partition coefficient (Wildman–Crippen LogP) is 5.15. The summed E-state index contributed by atoms with van der Waals surface area (Å²) in [6, 6.07) is 11.8. The minimum Gasteiger partial charge on any atom is -0.324 e. The number of carbonyl (C=O) groups is 1. The molecule has 1 amide bonds. The Bertz CT molecular complexity index is 1130. The van der Waals surface area contributed by atoms with Gasteiger partial charge in [0.1, 0.15) is 11.4 Å². The largest absolute Gasteiger partial charge is 0.324 e. The Balaban J connectivity index is 1.61. The van der Waals surface area contributed by atoms with Crippen molar-refractivity contribution in [1.29, 1.82) is 0 Å². The summed E-state index contributed by atoms with van der Waals surface area (Å²) in [6.45, 7) is 7.30. The normalized spacial score (nSPS) is 15.1. The highest BCUT2D eigenvalue weighted by atomic mass is 16.6. The third kappa shape index (κ3) is 4.65. The minimum absolute atomic E-state index is 0.0344. The minimum atomic E-state index is -0.544. The molecule has 8 nitrogen and oxygen atoms in total. The van der Waals surface area contributed by atoms with Crippen molar-refractivity contribution < 1.29 is 9.72 Å². The van der Waals surface area contributed by atoms with E-state index in [0.717, 1.165) is 36.5 Å². The number of likely N-dealkylation sites (tertiary alicyclic amines) is 1. The number of nitrogens with zero attached hydrogens (tertiary/aromatic N) is 4. The molecule has 168 valence electrons. The number of aromatic nitrogens is 2. The van der Waals surface area contributed by atoms with Gasteiger partial charge >= 0.3 is 0 Å². The Kier molecular flexibility index (Phi) is 6.50. The van der Waals surface area contributed by atoms with Gasteiger partial charge in [-0.05, 0) is 64.0 Å². The molecule has 0 saturated carbocycles. The maximum absolute atomic E-state index is 12.7. The number of hydrogen-bond donors (Lipinski definition) is 1. The van der Waals surface area contributed by atoms with Crippen molar-refractivity contribution in [1.82, 2.24) is 14.5 Å². The third-order valence-electron chi connectivity index (χ3n) is 5.95. The first kappa shape index (κ1) is 22.0. The number of nitro groups is 1. The number of amides is 1. The smallest absolute Gasteiger partial charge is 0.282 e. The van der Waals surface area contributed by atoms with E-state index in [1.54, 1.807) is 12.1 Å². The number of fused-ring (bicyclic) bond motifs is 1. The van der Waals surface area contributed by atoms with Gasteiger partial charge in [-0.15, -0.1) is 0 Å². The number of para-hydroxylation sites is 1. The quantitative estimate of drug-likeness (QED) is 0.427. The van der Waals surface area contributed by atoms with Crippen LogP contribution in [0.2, 0.25) is 0 Å². The molecule has 8 heteroatoms. The summed E-state index contributed by atoms with van der Waals surface area (Å²) < 4.78 is 2.26. The number of benzene rings is 2. The molecule has 2 heterocycles. The van der Waals surface area contributed by atoms with Crippen LogP contribution in [0.1, 0.15) is 61.8 Å². The van der Waals surface area contributed by atoms with Crippen LogP contribution in [0.25, 0.3) is 11.0 Å². The predicted molar refractivity (Wildman–Crippen MR) is 125 cm³/mol. The van der Waals surface area contributed by atoms with Crippen molar-refractivity contribution in [2.24, 2.45) is 0 Å². The Hall–Kier alpha value is -3.26. The molecule has 0 spiro atoms. The molecule has 2 aromatic carbocycles. The molecule has 0 radical (unpaired) electrons. The molecule has 1 aromatic heterocycles. The first-order valence-electron chi connectivity index (χ1n) is 11.2. The second-order valence-corrected chi connectivity index (χ2v) is 8.61. The van der Waals surface area contributed by atoms with Crippen LogP contribution in [-0.4, -0.2) is 38.4 Å². The molecule has 1 fully saturated rings. The van der Waals surface area contributed by atoms with Gasteiger partial charge in [-0.1, -0.05) is 25.0 Å². The van der Waals surface area contributed by atoms with E-state index in [1.807, 2.05) is 18.2 Å². The maximum Gasteiger partial charge on any atom is 0.282 e. The standard InChI is InChI=1S/C24H29N5O3/c1-17(2)28-22-12-11-18(25-24(30)19-9-5-6-10-21(19)29(31)32)15-20(22)26-23(28)16-27-13-7-3-4-8-14-27/h5-6,9-12,15,17H,3-4,7-8,13-14,16H2,1-2H3,(H,25,30). The zero-order valence-corrected chi connectivity index (χ0v) is 18.6. The number of anilines is 1. The highest BCUT2D eigenvalue weighted by molar-refractivity contribution is 6.07. The van der Waals surface area contributed by atoms with E-state index >= 15 is 0 Å². The number of hydrogen-bond acceptors (Lipinski definition) is 5. The monoisotopic (exact) mass is 435 g/mol. The zero-order chi connectivity index (χ0) is 22.7. The van der Waals surface area contributed by atoms with Gasteiger partial charge in [-0.25, -0.2) is 4.98 Å². The summed E-state index contributed by atoms with van der Waals surface area (Å²) in [7, 11) is 0. The van der Waals surface area contributed by atoms with E-state index in [9.17, 15) is 14.9 Å². The molecule has 3 aromatic rings. The fourth-order valence-electron chi connectivity index (χ4n) is 4.43. The molecule has 1 aliphatic heterocycles. The second kappa shape index (κ2) is 9.48. The lowest BCUT2D eigenvalue weighted by Gasteiger charge is -2.21. The zero-order valence-electron chi connectivity index (χ0n) is 18.6. The third-order valence-corrected chi connectivity index (χ3v) is 5.95. The molecule has 32 heavy (non-hydrogen) atoms. The molecule has 1 saturated heterocycles. The first-order chi connectivity index (χ1) is 15.4. The Morgan fingerprint density at radius 1 is 1.12 bits per heavy atom. The van der Waals surface area contributed by atoms with Gasteiger partial charge in [-0.2, -0.15) is 0 Å². The van der Waals surface area contributed by atoms with Crippen LogP contribution in [0.4, 0.5) is 11.4 Å². The van der Waals surface area contributed by atoms with Gasteiger partial charge in [0, 0.05) is 17.8 Å². The highest BCUT2D eigenvalue weighted by Gasteiger charge is 2.21. The molecule has 0 bridgehead atoms. The fraction of sp³-hybridized carbons (Fsp3) is 0.417.